The van der Waals surface area contributed by atoms with Gasteiger partial charge >= 0.3 is 5.97 Å². The molecular formula is C10H11BrO3. The molecule has 0 saturated heterocycles. The third-order valence-electron chi connectivity index (χ3n) is 2.18. The smallest absolute Gasteiger partial charge is 0.340 e. The Bertz CT molecular complexity index is 351. The van der Waals surface area contributed by atoms with Crippen molar-refractivity contribution in [1.29, 1.82) is 0 Å². The van der Waals surface area contributed by atoms with E-state index in [0.717, 1.165) is 0 Å². The van der Waals surface area contributed by atoms with Crippen LogP contribution in [0.25, 0.3) is 0 Å². The van der Waals surface area contributed by atoms with Crippen LogP contribution in [0.2, 0.25) is 0 Å². The van der Waals surface area contributed by atoms with Gasteiger partial charge in [0.25, 0.3) is 0 Å². The number of carboxylic acid groups (broad SMARTS) is 1. The lowest BCUT2D eigenvalue weighted by molar-refractivity contribution is -0.160. The van der Waals surface area contributed by atoms with Crippen molar-refractivity contribution in [2.24, 2.45) is 0 Å². The van der Waals surface area contributed by atoms with Gasteiger partial charge in [0.1, 0.15) is 0 Å². The lowest BCUT2D eigenvalue weighted by Gasteiger charge is -2.23. The summed E-state index contributed by atoms with van der Waals surface area (Å²) in [6.45, 7) is 1.63. The van der Waals surface area contributed by atoms with Crippen LogP contribution in [0, 0.1) is 0 Å². The summed E-state index contributed by atoms with van der Waals surface area (Å²) in [6, 6.07) is 6.77. The van der Waals surface area contributed by atoms with Gasteiger partial charge in [0.2, 0.25) is 0 Å². The van der Waals surface area contributed by atoms with E-state index in [0.29, 0.717) is 10.0 Å². The number of benzene rings is 1. The normalized spacial score (nSPS) is 14.8. The van der Waals surface area contributed by atoms with Gasteiger partial charge in [-0.05, 0) is 12.5 Å². The molecule has 2 N–H and O–H groups in total. The molecule has 1 unspecified atom stereocenters. The van der Waals surface area contributed by atoms with E-state index >= 15 is 0 Å². The molecular weight excluding hydrogens is 248 g/mol. The number of carboxylic acids is 1. The Kier molecular flexibility index (Phi) is 3.29. The van der Waals surface area contributed by atoms with Crippen molar-refractivity contribution < 1.29 is 15.0 Å². The van der Waals surface area contributed by atoms with E-state index in [9.17, 15) is 9.90 Å². The molecule has 14 heavy (non-hydrogen) atoms. The molecule has 0 aliphatic rings. The van der Waals surface area contributed by atoms with E-state index in [4.69, 9.17) is 5.11 Å². The fourth-order valence-corrected chi connectivity index (χ4v) is 1.87. The second-order valence-corrected chi connectivity index (χ2v) is 3.85. The standard InChI is InChI=1S/C10H11BrO3/c1-2-10(14,9(12)13)7-5-3-4-6-8(7)11/h3-6,14H,2H2,1H3,(H,12,13). The van der Waals surface area contributed by atoms with Gasteiger partial charge in [0.15, 0.2) is 5.60 Å². The van der Waals surface area contributed by atoms with E-state index < -0.39 is 11.6 Å². The number of hydrogen-bond acceptors (Lipinski definition) is 2. The Morgan fingerprint density at radius 2 is 2.07 bits per heavy atom. The molecule has 0 saturated carbocycles. The monoisotopic (exact) mass is 258 g/mol. The molecule has 0 amide bonds. The minimum atomic E-state index is -1.81. The Balaban J connectivity index is 3.26. The number of halogens is 1. The van der Waals surface area contributed by atoms with Crippen LogP contribution in [0.1, 0.15) is 18.9 Å². The highest BCUT2D eigenvalue weighted by atomic mass is 79.9. The number of carbonyl (C=O) groups is 1. The molecule has 0 fully saturated rings. The maximum absolute atomic E-state index is 10.9. The minimum Gasteiger partial charge on any atom is -0.479 e. The number of hydrogen-bond donors (Lipinski definition) is 2. The lowest BCUT2D eigenvalue weighted by atomic mass is 9.91. The summed E-state index contributed by atoms with van der Waals surface area (Å²) in [5.74, 6) is -1.23. The largest absolute Gasteiger partial charge is 0.479 e. The van der Waals surface area contributed by atoms with Crippen LogP contribution in [-0.2, 0) is 10.4 Å². The van der Waals surface area contributed by atoms with Crippen LogP contribution in [0.5, 0.6) is 0 Å². The fourth-order valence-electron chi connectivity index (χ4n) is 1.25. The Morgan fingerprint density at radius 1 is 1.50 bits per heavy atom. The van der Waals surface area contributed by atoms with E-state index in [1.807, 2.05) is 0 Å². The first-order valence-corrected chi connectivity index (χ1v) is 5.02. The molecule has 1 aromatic carbocycles. The molecule has 1 rings (SSSR count). The van der Waals surface area contributed by atoms with E-state index in [1.165, 1.54) is 0 Å². The number of aliphatic carboxylic acids is 1. The Labute approximate surface area is 90.5 Å². The Hall–Kier alpha value is -0.870. The average Bonchev–Trinajstić information content (AvgIpc) is 2.17. The zero-order valence-electron chi connectivity index (χ0n) is 7.70. The summed E-state index contributed by atoms with van der Waals surface area (Å²) in [6.07, 6.45) is 0.130. The van der Waals surface area contributed by atoms with E-state index in [-0.39, 0.29) is 6.42 Å². The SMILES string of the molecule is CCC(O)(C(=O)O)c1ccccc1Br. The topological polar surface area (TPSA) is 57.5 Å². The van der Waals surface area contributed by atoms with Gasteiger partial charge < -0.3 is 10.2 Å². The van der Waals surface area contributed by atoms with Crippen molar-refractivity contribution in [3.8, 4) is 0 Å². The van der Waals surface area contributed by atoms with Crippen molar-refractivity contribution in [2.45, 2.75) is 18.9 Å². The number of rotatable bonds is 3. The minimum absolute atomic E-state index is 0.130. The van der Waals surface area contributed by atoms with Gasteiger partial charge in [-0.3, -0.25) is 0 Å². The molecule has 1 aromatic rings. The predicted octanol–water partition coefficient (Wildman–Crippen LogP) is 2.13. The molecule has 4 heteroatoms. The molecule has 0 aliphatic heterocycles. The van der Waals surface area contributed by atoms with Crippen molar-refractivity contribution in [3.63, 3.8) is 0 Å². The fraction of sp³-hybridized carbons (Fsp3) is 0.300. The molecule has 0 aliphatic carbocycles. The maximum Gasteiger partial charge on any atom is 0.340 e. The van der Waals surface area contributed by atoms with Gasteiger partial charge in [-0.15, -0.1) is 0 Å². The van der Waals surface area contributed by atoms with Crippen molar-refractivity contribution in [2.75, 3.05) is 0 Å². The lowest BCUT2D eigenvalue weighted by Crippen LogP contribution is -2.35. The highest BCUT2D eigenvalue weighted by Gasteiger charge is 2.37. The molecule has 3 nitrogen and oxygen atoms in total. The number of aliphatic hydroxyl groups is 1. The van der Waals surface area contributed by atoms with E-state index in [1.54, 1.807) is 31.2 Å². The van der Waals surface area contributed by atoms with Gasteiger partial charge in [-0.1, -0.05) is 41.1 Å². The summed E-state index contributed by atoms with van der Waals surface area (Å²) < 4.78 is 0.603. The first-order chi connectivity index (χ1) is 6.52. The highest BCUT2D eigenvalue weighted by Crippen LogP contribution is 2.31. The third kappa shape index (κ3) is 1.81. The summed E-state index contributed by atoms with van der Waals surface area (Å²) in [5, 5.41) is 18.9. The summed E-state index contributed by atoms with van der Waals surface area (Å²) in [4.78, 5) is 10.9. The summed E-state index contributed by atoms with van der Waals surface area (Å²) in [7, 11) is 0. The predicted molar refractivity (Wildman–Crippen MR) is 56.0 cm³/mol. The van der Waals surface area contributed by atoms with Crippen LogP contribution >= 0.6 is 15.9 Å². The van der Waals surface area contributed by atoms with Crippen LogP contribution < -0.4 is 0 Å². The average molecular weight is 259 g/mol. The second-order valence-electron chi connectivity index (χ2n) is 3.00. The summed E-state index contributed by atoms with van der Waals surface area (Å²) >= 11 is 3.22. The molecule has 0 spiro atoms. The highest BCUT2D eigenvalue weighted by molar-refractivity contribution is 9.10. The second kappa shape index (κ2) is 4.11. The first kappa shape index (κ1) is 11.2. The molecule has 0 aromatic heterocycles. The zero-order chi connectivity index (χ0) is 10.8. The molecule has 1 atom stereocenters. The quantitative estimate of drug-likeness (QED) is 0.874. The molecule has 76 valence electrons. The van der Waals surface area contributed by atoms with Gasteiger partial charge in [0.05, 0.1) is 0 Å². The van der Waals surface area contributed by atoms with Crippen LogP contribution in [-0.4, -0.2) is 16.2 Å². The summed E-state index contributed by atoms with van der Waals surface area (Å²) in [5.41, 5.74) is -1.42. The van der Waals surface area contributed by atoms with Crippen molar-refractivity contribution >= 4 is 21.9 Å². The zero-order valence-corrected chi connectivity index (χ0v) is 9.28. The Morgan fingerprint density at radius 3 is 2.50 bits per heavy atom. The molecule has 0 bridgehead atoms. The van der Waals surface area contributed by atoms with Gasteiger partial charge in [-0.2, -0.15) is 0 Å². The van der Waals surface area contributed by atoms with Crippen molar-refractivity contribution in [1.82, 2.24) is 0 Å². The van der Waals surface area contributed by atoms with Crippen LogP contribution in [0.15, 0.2) is 28.7 Å². The maximum atomic E-state index is 10.9. The van der Waals surface area contributed by atoms with Crippen LogP contribution in [0.4, 0.5) is 0 Å². The van der Waals surface area contributed by atoms with Gasteiger partial charge in [0, 0.05) is 10.0 Å². The van der Waals surface area contributed by atoms with Gasteiger partial charge in [-0.25, -0.2) is 4.79 Å². The van der Waals surface area contributed by atoms with E-state index in [2.05, 4.69) is 15.9 Å². The third-order valence-corrected chi connectivity index (χ3v) is 2.88. The molecule has 0 radical (unpaired) electrons. The molecule has 0 heterocycles. The van der Waals surface area contributed by atoms with Crippen molar-refractivity contribution in [3.05, 3.63) is 34.3 Å². The first-order valence-electron chi connectivity index (χ1n) is 4.23. The van der Waals surface area contributed by atoms with Crippen LogP contribution in [0.3, 0.4) is 0 Å².